The molecular weight excluding hydrogens is 408 g/mol. The number of ether oxygens (including phenoxy) is 5. The van der Waals surface area contributed by atoms with Gasteiger partial charge in [0.05, 0.1) is 14.2 Å². The van der Waals surface area contributed by atoms with Crippen molar-refractivity contribution in [2.24, 2.45) is 0 Å². The van der Waals surface area contributed by atoms with E-state index in [4.69, 9.17) is 23.7 Å². The number of methoxy groups -OCH3 is 2. The van der Waals surface area contributed by atoms with Crippen LogP contribution in [-0.4, -0.2) is 33.2 Å². The minimum Gasteiger partial charge on any atom is -0.497 e. The van der Waals surface area contributed by atoms with Crippen molar-refractivity contribution in [3.05, 3.63) is 83.4 Å². The average Bonchev–Trinajstić information content (AvgIpc) is 2.86. The predicted octanol–water partition coefficient (Wildman–Crippen LogP) is 4.95. The molecule has 6 nitrogen and oxygen atoms in total. The summed E-state index contributed by atoms with van der Waals surface area (Å²) in [6.07, 6.45) is 3.32. The van der Waals surface area contributed by atoms with Crippen LogP contribution in [0, 0.1) is 0 Å². The van der Waals surface area contributed by atoms with Crippen molar-refractivity contribution in [3.63, 3.8) is 0 Å². The fraction of sp³-hybridized carbons (Fsp3) is 0.192. The third-order valence-corrected chi connectivity index (χ3v) is 5.01. The molecule has 3 aromatic carbocycles. The second-order valence-electron chi connectivity index (χ2n) is 7.09. The Kier molecular flexibility index (Phi) is 6.60. The number of fused-ring (bicyclic) bond motifs is 1. The van der Waals surface area contributed by atoms with Gasteiger partial charge >= 0.3 is 0 Å². The van der Waals surface area contributed by atoms with E-state index in [1.165, 1.54) is 0 Å². The van der Waals surface area contributed by atoms with Gasteiger partial charge in [-0.15, -0.1) is 0 Å². The van der Waals surface area contributed by atoms with E-state index in [0.717, 1.165) is 22.6 Å². The van der Waals surface area contributed by atoms with Crippen LogP contribution in [0.5, 0.6) is 28.7 Å². The van der Waals surface area contributed by atoms with E-state index in [1.54, 1.807) is 44.6 Å². The van der Waals surface area contributed by atoms with Crippen LogP contribution in [0.4, 0.5) is 0 Å². The first-order valence-corrected chi connectivity index (χ1v) is 10.2. The normalized spacial score (nSPS) is 12.4. The van der Waals surface area contributed by atoms with E-state index in [9.17, 15) is 4.79 Å². The molecule has 0 aliphatic carbocycles. The van der Waals surface area contributed by atoms with Crippen LogP contribution in [0.2, 0.25) is 0 Å². The van der Waals surface area contributed by atoms with Gasteiger partial charge in [-0.2, -0.15) is 0 Å². The average molecular weight is 432 g/mol. The quantitative estimate of drug-likeness (QED) is 0.371. The maximum Gasteiger partial charge on any atom is 0.185 e. The van der Waals surface area contributed by atoms with Crippen molar-refractivity contribution < 1.29 is 28.5 Å². The molecule has 0 atom stereocenters. The van der Waals surface area contributed by atoms with Gasteiger partial charge in [0.2, 0.25) is 0 Å². The molecule has 32 heavy (non-hydrogen) atoms. The number of hydrogen-bond donors (Lipinski definition) is 0. The van der Waals surface area contributed by atoms with Crippen LogP contribution in [0.25, 0.3) is 6.08 Å². The Bertz CT molecular complexity index is 1120. The number of benzene rings is 3. The molecule has 1 heterocycles. The molecule has 0 saturated carbocycles. The van der Waals surface area contributed by atoms with E-state index in [2.05, 4.69) is 0 Å². The van der Waals surface area contributed by atoms with Crippen LogP contribution < -0.4 is 23.7 Å². The number of allylic oxidation sites excluding steroid dienone is 1. The van der Waals surface area contributed by atoms with Gasteiger partial charge in [-0.05, 0) is 66.2 Å². The number of carbonyl (C=O) groups excluding carboxylic acids is 1. The highest BCUT2D eigenvalue weighted by atomic mass is 16.6. The summed E-state index contributed by atoms with van der Waals surface area (Å²) >= 11 is 0. The highest BCUT2D eigenvalue weighted by molar-refractivity contribution is 6.07. The first-order chi connectivity index (χ1) is 15.7. The highest BCUT2D eigenvalue weighted by Gasteiger charge is 2.14. The molecule has 0 amide bonds. The van der Waals surface area contributed by atoms with Crippen LogP contribution in [0.1, 0.15) is 21.5 Å². The van der Waals surface area contributed by atoms with Crippen molar-refractivity contribution in [2.45, 2.75) is 6.61 Å². The van der Waals surface area contributed by atoms with Gasteiger partial charge in [0.15, 0.2) is 17.3 Å². The fourth-order valence-corrected chi connectivity index (χ4v) is 3.31. The number of carbonyl (C=O) groups is 1. The Morgan fingerprint density at radius 1 is 0.875 bits per heavy atom. The molecule has 0 fully saturated rings. The minimum absolute atomic E-state index is 0.117. The Morgan fingerprint density at radius 3 is 2.38 bits per heavy atom. The fourth-order valence-electron chi connectivity index (χ4n) is 3.31. The van der Waals surface area contributed by atoms with Crippen molar-refractivity contribution >= 4 is 11.9 Å². The van der Waals surface area contributed by atoms with Crippen molar-refractivity contribution in [3.8, 4) is 28.7 Å². The lowest BCUT2D eigenvalue weighted by molar-refractivity contribution is 0.104. The van der Waals surface area contributed by atoms with E-state index >= 15 is 0 Å². The molecule has 4 rings (SSSR count). The molecule has 164 valence electrons. The third kappa shape index (κ3) is 5.03. The van der Waals surface area contributed by atoms with Gasteiger partial charge in [0.25, 0.3) is 0 Å². The molecule has 0 saturated heterocycles. The molecule has 6 heteroatoms. The lowest BCUT2D eigenvalue weighted by Crippen LogP contribution is -2.15. The number of ketones is 1. The molecule has 0 unspecified atom stereocenters. The number of rotatable bonds is 8. The molecule has 0 spiro atoms. The molecule has 0 radical (unpaired) electrons. The summed E-state index contributed by atoms with van der Waals surface area (Å²) in [4.78, 5) is 12.6. The second-order valence-corrected chi connectivity index (χ2v) is 7.09. The first-order valence-electron chi connectivity index (χ1n) is 10.2. The van der Waals surface area contributed by atoms with E-state index in [0.29, 0.717) is 42.6 Å². The molecule has 3 aromatic rings. The monoisotopic (exact) mass is 432 g/mol. The highest BCUT2D eigenvalue weighted by Crippen LogP contribution is 2.31. The second kappa shape index (κ2) is 9.92. The summed E-state index contributed by atoms with van der Waals surface area (Å²) < 4.78 is 27.6. The van der Waals surface area contributed by atoms with Crippen LogP contribution >= 0.6 is 0 Å². The third-order valence-electron chi connectivity index (χ3n) is 5.01. The van der Waals surface area contributed by atoms with Crippen molar-refractivity contribution in [1.82, 2.24) is 0 Å². The Morgan fingerprint density at radius 2 is 1.62 bits per heavy atom. The minimum atomic E-state index is -0.117. The van der Waals surface area contributed by atoms with Gasteiger partial charge < -0.3 is 23.7 Å². The summed E-state index contributed by atoms with van der Waals surface area (Å²) in [5.41, 5.74) is 2.28. The molecule has 1 aliphatic heterocycles. The van der Waals surface area contributed by atoms with E-state index in [1.807, 2.05) is 42.5 Å². The topological polar surface area (TPSA) is 63.2 Å². The molecule has 0 bridgehead atoms. The maximum atomic E-state index is 12.6. The predicted molar refractivity (Wildman–Crippen MR) is 121 cm³/mol. The Labute approximate surface area is 186 Å². The SMILES string of the molecule is COc1ccc(OCc2cc(/C=C/C(=O)c3ccc4c(c3)OCCO4)ccc2OC)cc1. The van der Waals surface area contributed by atoms with Crippen LogP contribution in [-0.2, 0) is 6.61 Å². The van der Waals surface area contributed by atoms with Gasteiger partial charge in [0, 0.05) is 11.1 Å². The van der Waals surface area contributed by atoms with E-state index < -0.39 is 0 Å². The summed E-state index contributed by atoms with van der Waals surface area (Å²) in [7, 11) is 3.24. The largest absolute Gasteiger partial charge is 0.497 e. The first kappa shape index (κ1) is 21.3. The Hall–Kier alpha value is -3.93. The standard InChI is InChI=1S/C26H24O6/c1-28-21-6-8-22(9-7-21)32-17-20-15-18(4-11-24(20)29-2)3-10-23(27)19-5-12-25-26(16-19)31-14-13-30-25/h3-12,15-16H,13-14,17H2,1-2H3/b10-3+. The van der Waals surface area contributed by atoms with Gasteiger partial charge in [-0.1, -0.05) is 12.1 Å². The van der Waals surface area contributed by atoms with E-state index in [-0.39, 0.29) is 5.78 Å². The lowest BCUT2D eigenvalue weighted by atomic mass is 10.1. The summed E-state index contributed by atoms with van der Waals surface area (Å²) in [6.45, 7) is 1.32. The van der Waals surface area contributed by atoms with Crippen molar-refractivity contribution in [2.75, 3.05) is 27.4 Å². The van der Waals surface area contributed by atoms with Crippen LogP contribution in [0.15, 0.2) is 66.7 Å². The zero-order valence-electron chi connectivity index (χ0n) is 18.0. The molecule has 0 aromatic heterocycles. The summed E-state index contributed by atoms with van der Waals surface area (Å²) in [6, 6.07) is 18.3. The zero-order chi connectivity index (χ0) is 22.3. The molecule has 1 aliphatic rings. The van der Waals surface area contributed by atoms with Gasteiger partial charge in [-0.25, -0.2) is 0 Å². The Balaban J connectivity index is 1.46. The summed E-state index contributed by atoms with van der Waals surface area (Å²) in [5, 5.41) is 0. The maximum absolute atomic E-state index is 12.6. The number of hydrogen-bond acceptors (Lipinski definition) is 6. The smallest absolute Gasteiger partial charge is 0.185 e. The van der Waals surface area contributed by atoms with Crippen molar-refractivity contribution in [1.29, 1.82) is 0 Å². The molecule has 0 N–H and O–H groups in total. The van der Waals surface area contributed by atoms with Gasteiger partial charge in [0.1, 0.15) is 37.1 Å². The van der Waals surface area contributed by atoms with Gasteiger partial charge in [-0.3, -0.25) is 4.79 Å². The summed E-state index contributed by atoms with van der Waals surface area (Å²) in [5.74, 6) is 3.35. The van der Waals surface area contributed by atoms with Crippen LogP contribution in [0.3, 0.4) is 0 Å². The zero-order valence-corrected chi connectivity index (χ0v) is 18.0. The lowest BCUT2D eigenvalue weighted by Gasteiger charge is -2.18. The molecular formula is C26H24O6.